The molecular formula is C61H40O. The van der Waals surface area contributed by atoms with Gasteiger partial charge < -0.3 is 4.42 Å². The van der Waals surface area contributed by atoms with Crippen LogP contribution in [0.5, 0.6) is 0 Å². The van der Waals surface area contributed by atoms with E-state index in [9.17, 15) is 0 Å². The Kier molecular flexibility index (Phi) is 7.71. The van der Waals surface area contributed by atoms with Gasteiger partial charge in [-0.1, -0.05) is 218 Å². The molecule has 1 atom stereocenters. The zero-order chi connectivity index (χ0) is 40.8. The molecule has 1 unspecified atom stereocenters. The van der Waals surface area contributed by atoms with E-state index in [2.05, 4.69) is 218 Å². The Morgan fingerprint density at radius 3 is 1.52 bits per heavy atom. The lowest BCUT2D eigenvalue weighted by Crippen LogP contribution is -2.27. The third kappa shape index (κ3) is 5.03. The highest BCUT2D eigenvalue weighted by Gasteiger charge is 2.52. The summed E-state index contributed by atoms with van der Waals surface area (Å²) in [6.07, 6.45) is 0.843. The van der Waals surface area contributed by atoms with Gasteiger partial charge in [-0.05, 0) is 101 Å². The van der Waals surface area contributed by atoms with Gasteiger partial charge >= 0.3 is 0 Å². The van der Waals surface area contributed by atoms with Gasteiger partial charge in [-0.2, -0.15) is 0 Å². The minimum atomic E-state index is -0.409. The van der Waals surface area contributed by atoms with Crippen molar-refractivity contribution in [3.63, 3.8) is 0 Å². The van der Waals surface area contributed by atoms with Crippen LogP contribution in [0.15, 0.2) is 229 Å². The topological polar surface area (TPSA) is 13.1 Å². The SMILES string of the molecule is c1ccc2c(c1)-c1ccccc1C21c2ccccc2-c2cccc(CC(c3ccc(-c4cccc5ccccc45)cc3)c3ccc(-c4cccc5c4oc4ccccc45)cc3)c21. The molecule has 1 nitrogen and oxygen atoms in total. The van der Waals surface area contributed by atoms with Gasteiger partial charge in [0.05, 0.1) is 5.41 Å². The normalized spacial score (nSPS) is 13.6. The van der Waals surface area contributed by atoms with E-state index >= 15 is 0 Å². The molecule has 10 aromatic carbocycles. The van der Waals surface area contributed by atoms with E-state index in [1.807, 2.05) is 6.07 Å². The third-order valence-corrected chi connectivity index (χ3v) is 14.0. The Morgan fingerprint density at radius 1 is 0.355 bits per heavy atom. The minimum absolute atomic E-state index is 0.0896. The predicted molar refractivity (Wildman–Crippen MR) is 257 cm³/mol. The summed E-state index contributed by atoms with van der Waals surface area (Å²) in [5.41, 5.74) is 21.0. The number of fused-ring (bicyclic) bond motifs is 14. The molecule has 0 radical (unpaired) electrons. The summed E-state index contributed by atoms with van der Waals surface area (Å²) in [5, 5.41) is 4.83. The summed E-state index contributed by atoms with van der Waals surface area (Å²) in [7, 11) is 0. The van der Waals surface area contributed by atoms with Gasteiger partial charge in [-0.25, -0.2) is 0 Å². The van der Waals surface area contributed by atoms with Gasteiger partial charge in [0, 0.05) is 22.3 Å². The summed E-state index contributed by atoms with van der Waals surface area (Å²) >= 11 is 0. The van der Waals surface area contributed by atoms with E-state index in [4.69, 9.17) is 4.42 Å². The molecule has 0 bridgehead atoms. The fourth-order valence-corrected chi connectivity index (χ4v) is 11.3. The summed E-state index contributed by atoms with van der Waals surface area (Å²) in [5.74, 6) is 0.0896. The lowest BCUT2D eigenvalue weighted by Gasteiger charge is -2.33. The maximum Gasteiger partial charge on any atom is 0.143 e. The van der Waals surface area contributed by atoms with Crippen molar-refractivity contribution in [3.8, 4) is 44.5 Å². The van der Waals surface area contributed by atoms with Crippen molar-refractivity contribution in [2.45, 2.75) is 17.8 Å². The van der Waals surface area contributed by atoms with Crippen LogP contribution in [0, 0.1) is 0 Å². The third-order valence-electron chi connectivity index (χ3n) is 14.0. The summed E-state index contributed by atoms with van der Waals surface area (Å²) in [4.78, 5) is 0. The van der Waals surface area contributed by atoms with E-state index in [1.54, 1.807) is 0 Å². The van der Waals surface area contributed by atoms with Crippen molar-refractivity contribution in [3.05, 3.63) is 263 Å². The van der Waals surface area contributed by atoms with Crippen LogP contribution in [0.2, 0.25) is 0 Å². The number of rotatable bonds is 6. The number of benzene rings is 10. The highest BCUT2D eigenvalue weighted by molar-refractivity contribution is 6.09. The molecule has 0 fully saturated rings. The molecule has 1 spiro atoms. The van der Waals surface area contributed by atoms with Crippen LogP contribution in [0.4, 0.5) is 0 Å². The molecule has 290 valence electrons. The maximum atomic E-state index is 6.50. The molecule has 1 heterocycles. The molecule has 0 N–H and O–H groups in total. The fraction of sp³-hybridized carbons (Fsp3) is 0.0492. The molecule has 2 aliphatic rings. The van der Waals surface area contributed by atoms with Crippen LogP contribution in [-0.4, -0.2) is 0 Å². The van der Waals surface area contributed by atoms with Crippen LogP contribution < -0.4 is 0 Å². The van der Waals surface area contributed by atoms with Crippen molar-refractivity contribution in [2.24, 2.45) is 0 Å². The Balaban J connectivity index is 0.983. The maximum absolute atomic E-state index is 6.50. The Bertz CT molecular complexity index is 3480. The van der Waals surface area contributed by atoms with Gasteiger partial charge in [0.1, 0.15) is 11.2 Å². The second-order valence-corrected chi connectivity index (χ2v) is 17.0. The number of para-hydroxylation sites is 2. The highest BCUT2D eigenvalue weighted by atomic mass is 16.3. The van der Waals surface area contributed by atoms with Crippen LogP contribution in [-0.2, 0) is 11.8 Å². The average Bonchev–Trinajstić information content (AvgIpc) is 3.98. The number of hydrogen-bond acceptors (Lipinski definition) is 1. The Labute approximate surface area is 361 Å². The summed E-state index contributed by atoms with van der Waals surface area (Å²) in [6.45, 7) is 0. The molecular weight excluding hydrogens is 749 g/mol. The first-order valence-electron chi connectivity index (χ1n) is 21.8. The summed E-state index contributed by atoms with van der Waals surface area (Å²) in [6, 6.07) is 83.3. The van der Waals surface area contributed by atoms with Crippen molar-refractivity contribution in [2.75, 3.05) is 0 Å². The summed E-state index contributed by atoms with van der Waals surface area (Å²) < 4.78 is 6.50. The highest BCUT2D eigenvalue weighted by Crippen LogP contribution is 2.63. The van der Waals surface area contributed by atoms with Crippen LogP contribution in [0.1, 0.15) is 44.9 Å². The average molecular weight is 789 g/mol. The first kappa shape index (κ1) is 35.1. The Morgan fingerprint density at radius 2 is 0.823 bits per heavy atom. The lowest BCUT2D eigenvalue weighted by molar-refractivity contribution is 0.670. The minimum Gasteiger partial charge on any atom is -0.455 e. The van der Waals surface area contributed by atoms with E-state index in [1.165, 1.54) is 83.1 Å². The lowest BCUT2D eigenvalue weighted by atomic mass is 9.68. The van der Waals surface area contributed by atoms with E-state index in [0.29, 0.717) is 0 Å². The molecule has 0 saturated carbocycles. The molecule has 0 amide bonds. The zero-order valence-corrected chi connectivity index (χ0v) is 34.1. The smallest absolute Gasteiger partial charge is 0.143 e. The molecule has 1 aromatic heterocycles. The second-order valence-electron chi connectivity index (χ2n) is 17.0. The zero-order valence-electron chi connectivity index (χ0n) is 34.1. The standard InChI is InChI=1S/C61H40O/c1-2-17-45-39(14-1)15-11-22-46(45)40-30-34-42(35-31-40)54(43-36-32-41(33-37-43)47-23-13-25-53-51-21-6-10-29-58(51)62-60(47)53)38-44-16-12-24-52-50-20-5-9-28-57(50)61(59(44)52)55-26-7-3-18-48(55)49-19-4-8-27-56(49)61/h1-37,54H,38H2. The number of hydrogen-bond donors (Lipinski definition) is 0. The van der Waals surface area contributed by atoms with Crippen LogP contribution >= 0.6 is 0 Å². The van der Waals surface area contributed by atoms with Crippen molar-refractivity contribution >= 4 is 32.7 Å². The Hall–Kier alpha value is -7.74. The molecule has 13 rings (SSSR count). The first-order valence-corrected chi connectivity index (χ1v) is 21.8. The second kappa shape index (κ2) is 13.6. The van der Waals surface area contributed by atoms with Crippen molar-refractivity contribution < 1.29 is 4.42 Å². The van der Waals surface area contributed by atoms with Gasteiger partial charge in [0.25, 0.3) is 0 Å². The van der Waals surface area contributed by atoms with Crippen molar-refractivity contribution in [1.29, 1.82) is 0 Å². The molecule has 2 aliphatic carbocycles. The molecule has 0 saturated heterocycles. The van der Waals surface area contributed by atoms with Crippen molar-refractivity contribution in [1.82, 2.24) is 0 Å². The van der Waals surface area contributed by atoms with E-state index < -0.39 is 5.41 Å². The van der Waals surface area contributed by atoms with Crippen LogP contribution in [0.25, 0.3) is 77.2 Å². The van der Waals surface area contributed by atoms with E-state index in [0.717, 1.165) is 39.5 Å². The monoisotopic (exact) mass is 788 g/mol. The quantitative estimate of drug-likeness (QED) is 0.164. The fourth-order valence-electron chi connectivity index (χ4n) is 11.3. The number of furan rings is 1. The largest absolute Gasteiger partial charge is 0.455 e. The van der Waals surface area contributed by atoms with E-state index in [-0.39, 0.29) is 5.92 Å². The van der Waals surface area contributed by atoms with Crippen LogP contribution in [0.3, 0.4) is 0 Å². The predicted octanol–water partition coefficient (Wildman–Crippen LogP) is 15.8. The molecule has 1 heteroatoms. The molecule has 11 aromatic rings. The molecule has 0 aliphatic heterocycles. The van der Waals surface area contributed by atoms with Gasteiger partial charge in [0.15, 0.2) is 0 Å². The molecule has 62 heavy (non-hydrogen) atoms. The van der Waals surface area contributed by atoms with Gasteiger partial charge in [-0.15, -0.1) is 0 Å². The van der Waals surface area contributed by atoms with Gasteiger partial charge in [0.2, 0.25) is 0 Å². The van der Waals surface area contributed by atoms with Gasteiger partial charge in [-0.3, -0.25) is 0 Å². The first-order chi connectivity index (χ1) is 30.8.